The number of amides is 1. The van der Waals surface area contributed by atoms with E-state index in [1.165, 1.54) is 0 Å². The van der Waals surface area contributed by atoms with E-state index in [9.17, 15) is 4.79 Å². The molecule has 2 heterocycles. The number of hydrogen-bond acceptors (Lipinski definition) is 4. The Morgan fingerprint density at radius 3 is 2.55 bits per heavy atom. The summed E-state index contributed by atoms with van der Waals surface area (Å²) in [5.74, 6) is 0.160. The van der Waals surface area contributed by atoms with Gasteiger partial charge in [0, 0.05) is 16.8 Å². The number of aryl methyl sites for hydroxylation is 1. The number of aromatic nitrogens is 3. The number of thiazole rings is 1. The van der Waals surface area contributed by atoms with Gasteiger partial charge in [-0.15, -0.1) is 11.3 Å². The minimum Gasteiger partial charge on any atom is -0.344 e. The van der Waals surface area contributed by atoms with Crippen molar-refractivity contribution >= 4 is 17.2 Å². The predicted molar refractivity (Wildman–Crippen MR) is 89.3 cm³/mol. The molecule has 1 N–H and O–H groups in total. The second-order valence-corrected chi connectivity index (χ2v) is 7.70. The molecule has 2 aromatic heterocycles. The fourth-order valence-corrected chi connectivity index (χ4v) is 2.90. The van der Waals surface area contributed by atoms with Gasteiger partial charge in [-0.1, -0.05) is 13.8 Å². The molecule has 0 aliphatic carbocycles. The van der Waals surface area contributed by atoms with Crippen LogP contribution in [-0.2, 0) is 12.1 Å². The van der Waals surface area contributed by atoms with Crippen LogP contribution >= 0.6 is 11.3 Å². The Morgan fingerprint density at radius 1 is 1.41 bits per heavy atom. The standard InChI is InChI=1S/C16H24N4OS/c1-10(2)13-7-12(19-20(13)16(4,5)6)15(21)17-8-14-18-11(3)9-22-14/h7,9-10H,8H2,1-6H3,(H,17,21). The molecule has 0 radical (unpaired) electrons. The van der Waals surface area contributed by atoms with Crippen molar-refractivity contribution in [2.45, 2.75) is 59.5 Å². The highest BCUT2D eigenvalue weighted by molar-refractivity contribution is 7.09. The zero-order chi connectivity index (χ0) is 16.5. The van der Waals surface area contributed by atoms with Crippen LogP contribution in [0.1, 0.15) is 67.4 Å². The normalized spacial score (nSPS) is 12.0. The summed E-state index contributed by atoms with van der Waals surface area (Å²) in [5, 5.41) is 10.3. The summed E-state index contributed by atoms with van der Waals surface area (Å²) in [6.07, 6.45) is 0. The van der Waals surface area contributed by atoms with Crippen LogP contribution in [0.4, 0.5) is 0 Å². The third kappa shape index (κ3) is 3.74. The quantitative estimate of drug-likeness (QED) is 0.938. The first-order chi connectivity index (χ1) is 10.2. The minimum absolute atomic E-state index is 0.148. The Balaban J connectivity index is 2.16. The Bertz CT molecular complexity index is 664. The maximum Gasteiger partial charge on any atom is 0.272 e. The molecule has 0 aromatic carbocycles. The van der Waals surface area contributed by atoms with Gasteiger partial charge in [-0.2, -0.15) is 5.10 Å². The van der Waals surface area contributed by atoms with Gasteiger partial charge < -0.3 is 5.32 Å². The highest BCUT2D eigenvalue weighted by Gasteiger charge is 2.23. The average Bonchev–Trinajstić information content (AvgIpc) is 3.01. The van der Waals surface area contributed by atoms with E-state index in [0.29, 0.717) is 18.2 Å². The maximum absolute atomic E-state index is 12.3. The molecule has 2 rings (SSSR count). The van der Waals surface area contributed by atoms with Crippen molar-refractivity contribution in [3.8, 4) is 0 Å². The van der Waals surface area contributed by atoms with Gasteiger partial charge in [-0.25, -0.2) is 4.98 Å². The van der Waals surface area contributed by atoms with Crippen molar-refractivity contribution in [1.29, 1.82) is 0 Å². The van der Waals surface area contributed by atoms with E-state index < -0.39 is 0 Å². The summed E-state index contributed by atoms with van der Waals surface area (Å²) in [6, 6.07) is 1.89. The van der Waals surface area contributed by atoms with Crippen LogP contribution in [0.3, 0.4) is 0 Å². The minimum atomic E-state index is -0.155. The van der Waals surface area contributed by atoms with Crippen molar-refractivity contribution < 1.29 is 4.79 Å². The number of carbonyl (C=O) groups excluding carboxylic acids is 1. The number of carbonyl (C=O) groups is 1. The molecule has 120 valence electrons. The molecule has 0 aliphatic rings. The van der Waals surface area contributed by atoms with E-state index in [4.69, 9.17) is 0 Å². The highest BCUT2D eigenvalue weighted by atomic mass is 32.1. The zero-order valence-corrected chi connectivity index (χ0v) is 14.9. The Labute approximate surface area is 135 Å². The molecular weight excluding hydrogens is 296 g/mol. The first kappa shape index (κ1) is 16.7. The molecule has 22 heavy (non-hydrogen) atoms. The van der Waals surface area contributed by atoms with E-state index >= 15 is 0 Å². The molecule has 0 saturated heterocycles. The van der Waals surface area contributed by atoms with Crippen LogP contribution in [0.15, 0.2) is 11.4 Å². The largest absolute Gasteiger partial charge is 0.344 e. The average molecular weight is 320 g/mol. The van der Waals surface area contributed by atoms with Crippen LogP contribution in [0, 0.1) is 6.92 Å². The lowest BCUT2D eigenvalue weighted by atomic mass is 10.1. The number of nitrogens with zero attached hydrogens (tertiary/aromatic N) is 3. The van der Waals surface area contributed by atoms with Crippen molar-refractivity contribution in [2.24, 2.45) is 0 Å². The van der Waals surface area contributed by atoms with Crippen molar-refractivity contribution in [1.82, 2.24) is 20.1 Å². The molecule has 5 nitrogen and oxygen atoms in total. The fourth-order valence-electron chi connectivity index (χ4n) is 2.19. The van der Waals surface area contributed by atoms with Crippen molar-refractivity contribution in [3.63, 3.8) is 0 Å². The highest BCUT2D eigenvalue weighted by Crippen LogP contribution is 2.23. The lowest BCUT2D eigenvalue weighted by molar-refractivity contribution is 0.0944. The molecule has 0 aliphatic heterocycles. The smallest absolute Gasteiger partial charge is 0.272 e. The van der Waals surface area contributed by atoms with Crippen molar-refractivity contribution in [2.75, 3.05) is 0 Å². The summed E-state index contributed by atoms with van der Waals surface area (Å²) in [5.41, 5.74) is 2.37. The summed E-state index contributed by atoms with van der Waals surface area (Å²) < 4.78 is 1.94. The molecule has 0 atom stereocenters. The van der Waals surface area contributed by atoms with Gasteiger partial charge in [0.25, 0.3) is 5.91 Å². The second-order valence-electron chi connectivity index (χ2n) is 6.76. The molecule has 0 fully saturated rings. The zero-order valence-electron chi connectivity index (χ0n) is 14.1. The maximum atomic E-state index is 12.3. The third-order valence-corrected chi connectivity index (χ3v) is 4.23. The van der Waals surface area contributed by atoms with Crippen molar-refractivity contribution in [3.05, 3.63) is 33.5 Å². The summed E-state index contributed by atoms with van der Waals surface area (Å²) >= 11 is 1.55. The molecule has 0 spiro atoms. The first-order valence-corrected chi connectivity index (χ1v) is 8.36. The van der Waals surface area contributed by atoms with Gasteiger partial charge in [0.2, 0.25) is 0 Å². The van der Waals surface area contributed by atoms with E-state index in [0.717, 1.165) is 16.4 Å². The SMILES string of the molecule is Cc1csc(CNC(=O)c2cc(C(C)C)n(C(C)(C)C)n2)n1. The number of hydrogen-bond donors (Lipinski definition) is 1. The molecule has 0 saturated carbocycles. The Kier molecular flexibility index (Phi) is 4.70. The summed E-state index contributed by atoms with van der Waals surface area (Å²) in [6.45, 7) is 12.9. The lowest BCUT2D eigenvalue weighted by Gasteiger charge is -2.23. The Morgan fingerprint density at radius 2 is 2.09 bits per heavy atom. The summed E-state index contributed by atoms with van der Waals surface area (Å²) in [7, 11) is 0. The number of nitrogens with one attached hydrogen (secondary N) is 1. The summed E-state index contributed by atoms with van der Waals surface area (Å²) in [4.78, 5) is 16.7. The van der Waals surface area contributed by atoms with E-state index in [-0.39, 0.29) is 11.4 Å². The molecular formula is C16H24N4OS. The molecule has 2 aromatic rings. The molecule has 0 unspecified atom stereocenters. The van der Waals surface area contributed by atoms with Gasteiger partial charge in [0.05, 0.1) is 12.1 Å². The third-order valence-electron chi connectivity index (χ3n) is 3.26. The fraction of sp³-hybridized carbons (Fsp3) is 0.562. The number of rotatable bonds is 4. The molecule has 0 bridgehead atoms. The van der Waals surface area contributed by atoms with E-state index in [1.807, 2.05) is 23.1 Å². The predicted octanol–water partition coefficient (Wildman–Crippen LogP) is 3.46. The molecule has 1 amide bonds. The molecule has 6 heteroatoms. The van der Waals surface area contributed by atoms with Crippen LogP contribution < -0.4 is 5.32 Å². The first-order valence-electron chi connectivity index (χ1n) is 7.48. The Hall–Kier alpha value is -1.69. The van der Waals surface area contributed by atoms with E-state index in [2.05, 4.69) is 50.0 Å². The second kappa shape index (κ2) is 6.20. The van der Waals surface area contributed by atoms with Gasteiger partial charge >= 0.3 is 0 Å². The van der Waals surface area contributed by atoms with Gasteiger partial charge in [0.15, 0.2) is 0 Å². The van der Waals surface area contributed by atoms with Crippen LogP contribution in [0.2, 0.25) is 0 Å². The van der Waals surface area contributed by atoms with E-state index in [1.54, 1.807) is 11.3 Å². The van der Waals surface area contributed by atoms with Gasteiger partial charge in [-0.05, 0) is 39.7 Å². The van der Waals surface area contributed by atoms with Gasteiger partial charge in [-0.3, -0.25) is 9.48 Å². The topological polar surface area (TPSA) is 59.8 Å². The van der Waals surface area contributed by atoms with Gasteiger partial charge in [0.1, 0.15) is 10.7 Å². The monoisotopic (exact) mass is 320 g/mol. The van der Waals surface area contributed by atoms with Crippen LogP contribution in [-0.4, -0.2) is 20.7 Å². The van der Waals surface area contributed by atoms with Crippen LogP contribution in [0.25, 0.3) is 0 Å². The van der Waals surface area contributed by atoms with Crippen LogP contribution in [0.5, 0.6) is 0 Å². The lowest BCUT2D eigenvalue weighted by Crippen LogP contribution is -2.27.